The molecule has 0 fully saturated rings. The topological polar surface area (TPSA) is 92.5 Å². The normalized spacial score (nSPS) is 10.8. The van der Waals surface area contributed by atoms with Crippen LogP contribution in [0.1, 0.15) is 16.2 Å². The molecular weight excluding hydrogens is 296 g/mol. The molecule has 0 bridgehead atoms. The summed E-state index contributed by atoms with van der Waals surface area (Å²) in [5, 5.41) is 10.6. The van der Waals surface area contributed by atoms with Crippen molar-refractivity contribution >= 4 is 12.1 Å². The number of methoxy groups -OCH3 is 1. The van der Waals surface area contributed by atoms with E-state index in [1.54, 1.807) is 25.3 Å². The van der Waals surface area contributed by atoms with Gasteiger partial charge in [0.1, 0.15) is 17.2 Å². The number of furan rings is 1. The summed E-state index contributed by atoms with van der Waals surface area (Å²) in [6.45, 7) is 0. The third kappa shape index (κ3) is 3.46. The number of hydrogen-bond donors (Lipinski definition) is 2. The summed E-state index contributed by atoms with van der Waals surface area (Å²) in [5.41, 5.74) is 4.19. The molecule has 3 rings (SSSR count). The second-order valence-corrected chi connectivity index (χ2v) is 4.61. The number of hydrogen-bond acceptors (Lipinski definition) is 5. The second kappa shape index (κ2) is 6.61. The van der Waals surface area contributed by atoms with E-state index in [1.165, 1.54) is 12.5 Å². The summed E-state index contributed by atoms with van der Waals surface area (Å²) in [6, 6.07) is 12.5. The van der Waals surface area contributed by atoms with Crippen molar-refractivity contribution in [2.45, 2.75) is 0 Å². The largest absolute Gasteiger partial charge is 0.497 e. The molecule has 23 heavy (non-hydrogen) atoms. The van der Waals surface area contributed by atoms with E-state index in [-0.39, 0.29) is 0 Å². The number of hydrazone groups is 1. The minimum atomic E-state index is -0.394. The van der Waals surface area contributed by atoms with Crippen LogP contribution in [0.2, 0.25) is 0 Å². The minimum absolute atomic E-state index is 0.305. The quantitative estimate of drug-likeness (QED) is 0.559. The number of nitrogens with zero attached hydrogens (tertiary/aromatic N) is 2. The molecule has 0 saturated heterocycles. The van der Waals surface area contributed by atoms with E-state index in [2.05, 4.69) is 20.7 Å². The predicted octanol–water partition coefficient (Wildman–Crippen LogP) is 2.44. The minimum Gasteiger partial charge on any atom is -0.497 e. The van der Waals surface area contributed by atoms with Gasteiger partial charge in [0, 0.05) is 5.56 Å². The highest BCUT2D eigenvalue weighted by molar-refractivity contribution is 5.93. The van der Waals surface area contributed by atoms with Crippen LogP contribution in [-0.2, 0) is 0 Å². The molecule has 0 spiro atoms. The molecule has 0 radical (unpaired) electrons. The van der Waals surface area contributed by atoms with Crippen molar-refractivity contribution in [1.82, 2.24) is 15.6 Å². The molecule has 2 N–H and O–H groups in total. The Hall–Kier alpha value is -3.35. The average molecular weight is 310 g/mol. The Morgan fingerprint density at radius 3 is 3.04 bits per heavy atom. The smallest absolute Gasteiger partial charge is 0.289 e. The van der Waals surface area contributed by atoms with Crippen LogP contribution in [0, 0.1) is 0 Å². The van der Waals surface area contributed by atoms with Crippen molar-refractivity contribution in [3.8, 4) is 17.0 Å². The average Bonchev–Trinajstić information content (AvgIpc) is 3.26. The van der Waals surface area contributed by atoms with E-state index in [0.29, 0.717) is 17.1 Å². The first-order chi connectivity index (χ1) is 11.3. The summed E-state index contributed by atoms with van der Waals surface area (Å²) < 4.78 is 10.2. The Bertz CT molecular complexity index is 821. The molecule has 0 atom stereocenters. The number of benzene rings is 1. The highest BCUT2D eigenvalue weighted by Gasteiger charge is 2.10. The van der Waals surface area contributed by atoms with Gasteiger partial charge in [-0.1, -0.05) is 12.1 Å². The Balaban J connectivity index is 1.69. The summed E-state index contributed by atoms with van der Waals surface area (Å²) >= 11 is 0. The molecule has 0 aliphatic carbocycles. The third-order valence-electron chi connectivity index (χ3n) is 3.09. The van der Waals surface area contributed by atoms with E-state index in [4.69, 9.17) is 9.15 Å². The van der Waals surface area contributed by atoms with Crippen LogP contribution in [0.5, 0.6) is 5.75 Å². The Morgan fingerprint density at radius 1 is 1.35 bits per heavy atom. The van der Waals surface area contributed by atoms with E-state index in [1.807, 2.05) is 24.3 Å². The van der Waals surface area contributed by atoms with Crippen LogP contribution < -0.4 is 10.2 Å². The van der Waals surface area contributed by atoms with Crippen molar-refractivity contribution in [2.75, 3.05) is 7.11 Å². The first kappa shape index (κ1) is 14.6. The van der Waals surface area contributed by atoms with Crippen molar-refractivity contribution in [2.24, 2.45) is 5.10 Å². The maximum atomic E-state index is 12.0. The Morgan fingerprint density at radius 2 is 2.26 bits per heavy atom. The lowest BCUT2D eigenvalue weighted by Crippen LogP contribution is -2.17. The molecule has 0 unspecified atom stereocenters. The van der Waals surface area contributed by atoms with Crippen LogP contribution >= 0.6 is 0 Å². The van der Waals surface area contributed by atoms with Crippen molar-refractivity contribution in [1.29, 1.82) is 0 Å². The van der Waals surface area contributed by atoms with Crippen LogP contribution in [0.3, 0.4) is 0 Å². The maximum absolute atomic E-state index is 12.0. The van der Waals surface area contributed by atoms with Gasteiger partial charge in [0.15, 0.2) is 0 Å². The highest BCUT2D eigenvalue weighted by atomic mass is 16.5. The van der Waals surface area contributed by atoms with Gasteiger partial charge in [-0.3, -0.25) is 9.89 Å². The highest BCUT2D eigenvalue weighted by Crippen LogP contribution is 2.22. The maximum Gasteiger partial charge on any atom is 0.289 e. The lowest BCUT2D eigenvalue weighted by Gasteiger charge is -2.00. The first-order valence-electron chi connectivity index (χ1n) is 6.83. The predicted molar refractivity (Wildman–Crippen MR) is 84.3 cm³/mol. The van der Waals surface area contributed by atoms with Crippen LogP contribution in [-0.4, -0.2) is 29.4 Å². The third-order valence-corrected chi connectivity index (χ3v) is 3.09. The number of carbonyl (C=O) groups excluding carboxylic acids is 1. The fourth-order valence-corrected chi connectivity index (χ4v) is 1.95. The number of rotatable bonds is 5. The SMILES string of the molecule is COc1cccc(-c2cc(C(=O)NN=Cc3ccco3)[nH]n2)c1. The zero-order valence-corrected chi connectivity index (χ0v) is 12.3. The fraction of sp³-hybridized carbons (Fsp3) is 0.0625. The molecule has 7 nitrogen and oxygen atoms in total. The van der Waals surface area contributed by atoms with Gasteiger partial charge in [-0.15, -0.1) is 0 Å². The number of aromatic amines is 1. The summed E-state index contributed by atoms with van der Waals surface area (Å²) in [5.74, 6) is 0.876. The van der Waals surface area contributed by atoms with E-state index in [9.17, 15) is 4.79 Å². The Kier molecular flexibility index (Phi) is 4.19. The molecule has 116 valence electrons. The van der Waals surface area contributed by atoms with Gasteiger partial charge >= 0.3 is 0 Å². The molecule has 2 heterocycles. The molecule has 1 amide bonds. The summed E-state index contributed by atoms with van der Waals surface area (Å²) in [4.78, 5) is 12.0. The molecule has 7 heteroatoms. The monoisotopic (exact) mass is 310 g/mol. The summed E-state index contributed by atoms with van der Waals surface area (Å²) in [6.07, 6.45) is 2.94. The molecule has 0 aliphatic heterocycles. The number of ether oxygens (including phenoxy) is 1. The van der Waals surface area contributed by atoms with Gasteiger partial charge in [0.05, 0.1) is 25.3 Å². The summed E-state index contributed by atoms with van der Waals surface area (Å²) in [7, 11) is 1.60. The standard InChI is InChI=1S/C16H14N4O3/c1-22-12-5-2-4-11(8-12)14-9-15(19-18-14)16(21)20-17-10-13-6-3-7-23-13/h2-10H,1H3,(H,18,19)(H,20,21). The van der Waals surface area contributed by atoms with Crippen LogP contribution in [0.25, 0.3) is 11.3 Å². The number of H-pyrrole nitrogens is 1. The van der Waals surface area contributed by atoms with E-state index in [0.717, 1.165) is 11.3 Å². The second-order valence-electron chi connectivity index (χ2n) is 4.61. The van der Waals surface area contributed by atoms with Crippen LogP contribution in [0.4, 0.5) is 0 Å². The fourth-order valence-electron chi connectivity index (χ4n) is 1.95. The lowest BCUT2D eigenvalue weighted by atomic mass is 10.1. The van der Waals surface area contributed by atoms with Gasteiger partial charge in [0.25, 0.3) is 5.91 Å². The van der Waals surface area contributed by atoms with Gasteiger partial charge in [0.2, 0.25) is 0 Å². The molecule has 0 aliphatic rings. The van der Waals surface area contributed by atoms with Crippen molar-refractivity contribution in [3.05, 3.63) is 60.2 Å². The number of nitrogens with one attached hydrogen (secondary N) is 2. The Labute approximate surface area is 132 Å². The van der Waals surface area contributed by atoms with E-state index < -0.39 is 5.91 Å². The molecule has 3 aromatic rings. The number of aromatic nitrogens is 2. The van der Waals surface area contributed by atoms with Crippen LogP contribution in [0.15, 0.2) is 58.2 Å². The van der Waals surface area contributed by atoms with Crippen molar-refractivity contribution < 1.29 is 13.9 Å². The lowest BCUT2D eigenvalue weighted by molar-refractivity contribution is 0.0950. The zero-order chi connectivity index (χ0) is 16.1. The van der Waals surface area contributed by atoms with Gasteiger partial charge < -0.3 is 9.15 Å². The molecule has 0 saturated carbocycles. The van der Waals surface area contributed by atoms with Gasteiger partial charge in [-0.25, -0.2) is 5.43 Å². The zero-order valence-electron chi connectivity index (χ0n) is 12.3. The first-order valence-corrected chi connectivity index (χ1v) is 6.83. The molecule has 2 aromatic heterocycles. The number of carbonyl (C=O) groups is 1. The molecule has 1 aromatic carbocycles. The molecular formula is C16H14N4O3. The number of amides is 1. The van der Waals surface area contributed by atoms with Gasteiger partial charge in [-0.2, -0.15) is 10.2 Å². The van der Waals surface area contributed by atoms with Gasteiger partial charge in [-0.05, 0) is 30.3 Å². The van der Waals surface area contributed by atoms with E-state index >= 15 is 0 Å². The van der Waals surface area contributed by atoms with Crippen molar-refractivity contribution in [3.63, 3.8) is 0 Å².